The van der Waals surface area contributed by atoms with Gasteiger partial charge in [-0.05, 0) is 25.7 Å². The van der Waals surface area contributed by atoms with Gasteiger partial charge in [0, 0.05) is 25.4 Å². The van der Waals surface area contributed by atoms with Crippen molar-refractivity contribution in [2.24, 2.45) is 11.8 Å². The molecule has 1 amide bonds. The van der Waals surface area contributed by atoms with Gasteiger partial charge >= 0.3 is 0 Å². The van der Waals surface area contributed by atoms with Gasteiger partial charge in [0.2, 0.25) is 5.91 Å². The molecule has 1 aliphatic rings. The Kier molecular flexibility index (Phi) is 7.44. The van der Waals surface area contributed by atoms with Gasteiger partial charge in [0.25, 0.3) is 0 Å². The molecule has 0 aromatic rings. The van der Waals surface area contributed by atoms with Crippen molar-refractivity contribution in [3.63, 3.8) is 0 Å². The fraction of sp³-hybridized carbons (Fsp3) is 0.938. The summed E-state index contributed by atoms with van der Waals surface area (Å²) in [6.45, 7) is 7.86. The summed E-state index contributed by atoms with van der Waals surface area (Å²) >= 11 is 0. The number of piperidine rings is 1. The van der Waals surface area contributed by atoms with E-state index < -0.39 is 0 Å². The minimum Gasteiger partial charge on any atom is -0.393 e. The second kappa shape index (κ2) is 8.57. The van der Waals surface area contributed by atoms with Crippen LogP contribution in [0.5, 0.6) is 0 Å². The van der Waals surface area contributed by atoms with E-state index in [0.717, 1.165) is 51.6 Å². The van der Waals surface area contributed by atoms with Gasteiger partial charge in [0.1, 0.15) is 0 Å². The molecule has 2 unspecified atom stereocenters. The first-order chi connectivity index (χ1) is 9.08. The van der Waals surface area contributed by atoms with Crippen molar-refractivity contribution < 1.29 is 9.90 Å². The van der Waals surface area contributed by atoms with Crippen LogP contribution in [0, 0.1) is 11.8 Å². The van der Waals surface area contributed by atoms with Crippen LogP contribution in [0.4, 0.5) is 0 Å². The largest absolute Gasteiger partial charge is 0.393 e. The molecule has 0 saturated carbocycles. The van der Waals surface area contributed by atoms with Crippen LogP contribution in [0.25, 0.3) is 0 Å². The van der Waals surface area contributed by atoms with Crippen LogP contribution in [0.3, 0.4) is 0 Å². The molecule has 0 aliphatic carbocycles. The first kappa shape index (κ1) is 16.5. The Bertz CT molecular complexity index is 259. The van der Waals surface area contributed by atoms with Gasteiger partial charge in [0.05, 0.1) is 6.10 Å². The number of aliphatic hydroxyl groups is 1. The summed E-state index contributed by atoms with van der Waals surface area (Å²) in [5.74, 6) is 1.13. The second-order valence-corrected chi connectivity index (χ2v) is 6.13. The summed E-state index contributed by atoms with van der Waals surface area (Å²) in [5, 5.41) is 9.69. The van der Waals surface area contributed by atoms with Gasteiger partial charge in [-0.1, -0.05) is 39.5 Å². The average Bonchev–Trinajstić information content (AvgIpc) is 2.39. The van der Waals surface area contributed by atoms with Crippen molar-refractivity contribution in [2.75, 3.05) is 13.1 Å². The lowest BCUT2D eigenvalue weighted by molar-refractivity contribution is -0.135. The number of carbonyl (C=O) groups excluding carboxylic acids is 1. The maximum atomic E-state index is 12.4. The third-order valence-electron chi connectivity index (χ3n) is 4.35. The Morgan fingerprint density at radius 2 is 1.95 bits per heavy atom. The van der Waals surface area contributed by atoms with E-state index in [2.05, 4.69) is 13.8 Å². The van der Waals surface area contributed by atoms with E-state index in [1.54, 1.807) is 0 Å². The molecule has 1 heterocycles. The predicted octanol–water partition coefficient (Wildman–Crippen LogP) is 3.21. The van der Waals surface area contributed by atoms with E-state index in [0.29, 0.717) is 18.2 Å². The smallest absolute Gasteiger partial charge is 0.222 e. The molecule has 3 nitrogen and oxygen atoms in total. The van der Waals surface area contributed by atoms with Crippen LogP contribution in [0.1, 0.15) is 65.7 Å². The molecule has 1 aliphatic heterocycles. The van der Waals surface area contributed by atoms with Crippen LogP contribution in [-0.2, 0) is 4.79 Å². The number of likely N-dealkylation sites (tertiary alicyclic amines) is 1. The Labute approximate surface area is 118 Å². The molecular weight excluding hydrogens is 238 g/mol. The first-order valence-electron chi connectivity index (χ1n) is 8.04. The minimum atomic E-state index is -0.294. The molecule has 3 heteroatoms. The zero-order valence-electron chi connectivity index (χ0n) is 12.9. The highest BCUT2D eigenvalue weighted by molar-refractivity contribution is 5.76. The molecule has 1 rings (SSSR count). The molecule has 112 valence electrons. The molecule has 19 heavy (non-hydrogen) atoms. The lowest BCUT2D eigenvalue weighted by atomic mass is 9.91. The van der Waals surface area contributed by atoms with Gasteiger partial charge in [-0.25, -0.2) is 0 Å². The number of aliphatic hydroxyl groups excluding tert-OH is 1. The molecule has 0 spiro atoms. The standard InChI is InChI=1S/C16H31NO2/c1-4-7-14(8-5-2)11-16(19)17-10-6-9-15(12-17)13(3)18/h13-15,18H,4-12H2,1-3H3. The summed E-state index contributed by atoms with van der Waals surface area (Å²) < 4.78 is 0. The fourth-order valence-corrected chi connectivity index (χ4v) is 3.17. The third-order valence-corrected chi connectivity index (χ3v) is 4.35. The predicted molar refractivity (Wildman–Crippen MR) is 78.9 cm³/mol. The van der Waals surface area contributed by atoms with E-state index in [1.165, 1.54) is 0 Å². The maximum Gasteiger partial charge on any atom is 0.222 e. The Morgan fingerprint density at radius 3 is 2.47 bits per heavy atom. The maximum absolute atomic E-state index is 12.4. The highest BCUT2D eigenvalue weighted by Crippen LogP contribution is 2.23. The van der Waals surface area contributed by atoms with Crippen LogP contribution >= 0.6 is 0 Å². The van der Waals surface area contributed by atoms with Crippen molar-refractivity contribution in [2.45, 2.75) is 71.8 Å². The molecule has 0 bridgehead atoms. The first-order valence-corrected chi connectivity index (χ1v) is 8.04. The van der Waals surface area contributed by atoms with Crippen molar-refractivity contribution in [1.82, 2.24) is 4.90 Å². The normalized spacial score (nSPS) is 21.7. The molecular formula is C16H31NO2. The quantitative estimate of drug-likeness (QED) is 0.771. The monoisotopic (exact) mass is 269 g/mol. The molecule has 0 aromatic heterocycles. The van der Waals surface area contributed by atoms with Gasteiger partial charge in [-0.3, -0.25) is 4.79 Å². The summed E-state index contributed by atoms with van der Waals surface area (Å²) in [5.41, 5.74) is 0. The Morgan fingerprint density at radius 1 is 1.32 bits per heavy atom. The lowest BCUT2D eigenvalue weighted by Gasteiger charge is -2.35. The van der Waals surface area contributed by atoms with Crippen molar-refractivity contribution in [3.05, 3.63) is 0 Å². The van der Waals surface area contributed by atoms with E-state index in [-0.39, 0.29) is 12.0 Å². The SMILES string of the molecule is CCCC(CCC)CC(=O)N1CCCC(C(C)O)C1. The summed E-state index contributed by atoms with van der Waals surface area (Å²) in [6, 6.07) is 0. The number of hydrogen-bond acceptors (Lipinski definition) is 2. The molecule has 1 fully saturated rings. The molecule has 0 aromatic carbocycles. The van der Waals surface area contributed by atoms with Gasteiger partial charge in [0.15, 0.2) is 0 Å². The van der Waals surface area contributed by atoms with Crippen LogP contribution in [0.2, 0.25) is 0 Å². The minimum absolute atomic E-state index is 0.272. The molecule has 0 radical (unpaired) electrons. The Hall–Kier alpha value is -0.570. The molecule has 1 saturated heterocycles. The Balaban J connectivity index is 2.46. The zero-order chi connectivity index (χ0) is 14.3. The average molecular weight is 269 g/mol. The van der Waals surface area contributed by atoms with Gasteiger partial charge < -0.3 is 10.0 Å². The van der Waals surface area contributed by atoms with Crippen molar-refractivity contribution >= 4 is 5.91 Å². The van der Waals surface area contributed by atoms with Gasteiger partial charge in [-0.15, -0.1) is 0 Å². The third kappa shape index (κ3) is 5.52. The fourth-order valence-electron chi connectivity index (χ4n) is 3.17. The van der Waals surface area contributed by atoms with E-state index in [9.17, 15) is 9.90 Å². The number of nitrogens with zero attached hydrogens (tertiary/aromatic N) is 1. The van der Waals surface area contributed by atoms with Crippen LogP contribution in [-0.4, -0.2) is 35.1 Å². The highest BCUT2D eigenvalue weighted by atomic mass is 16.3. The van der Waals surface area contributed by atoms with E-state index in [4.69, 9.17) is 0 Å². The summed E-state index contributed by atoms with van der Waals surface area (Å²) in [7, 11) is 0. The van der Waals surface area contributed by atoms with Crippen LogP contribution < -0.4 is 0 Å². The van der Waals surface area contributed by atoms with Crippen LogP contribution in [0.15, 0.2) is 0 Å². The van der Waals surface area contributed by atoms with Crippen molar-refractivity contribution in [3.8, 4) is 0 Å². The molecule has 2 atom stereocenters. The second-order valence-electron chi connectivity index (χ2n) is 6.13. The van der Waals surface area contributed by atoms with E-state index in [1.807, 2.05) is 11.8 Å². The topological polar surface area (TPSA) is 40.5 Å². The number of hydrogen-bond donors (Lipinski definition) is 1. The molecule has 1 N–H and O–H groups in total. The number of carbonyl (C=O) groups is 1. The zero-order valence-corrected chi connectivity index (χ0v) is 12.9. The highest BCUT2D eigenvalue weighted by Gasteiger charge is 2.27. The lowest BCUT2D eigenvalue weighted by Crippen LogP contribution is -2.43. The van der Waals surface area contributed by atoms with Crippen molar-refractivity contribution in [1.29, 1.82) is 0 Å². The number of amides is 1. The number of rotatable bonds is 7. The summed E-state index contributed by atoms with van der Waals surface area (Å²) in [6.07, 6.45) is 7.14. The van der Waals surface area contributed by atoms with E-state index >= 15 is 0 Å². The van der Waals surface area contributed by atoms with Gasteiger partial charge in [-0.2, -0.15) is 0 Å². The summed E-state index contributed by atoms with van der Waals surface area (Å²) in [4.78, 5) is 14.4.